The summed E-state index contributed by atoms with van der Waals surface area (Å²) in [6, 6.07) is 9.62. The van der Waals surface area contributed by atoms with Gasteiger partial charge in [-0.15, -0.1) is 11.3 Å². The largest absolute Gasteiger partial charge is 0.395 e. The molecule has 2 rings (SSSR count). The van der Waals surface area contributed by atoms with Crippen LogP contribution in [0.2, 0.25) is 0 Å². The van der Waals surface area contributed by atoms with Crippen LogP contribution in [0, 0.1) is 18.8 Å². The number of hydrogen-bond donors (Lipinski definition) is 2. The Morgan fingerprint density at radius 3 is 2.95 bits per heavy atom. The number of carbonyl (C=O) groups excluding carboxylic acids is 1. The summed E-state index contributed by atoms with van der Waals surface area (Å²) < 4.78 is 0. The molecule has 0 aliphatic carbocycles. The van der Waals surface area contributed by atoms with E-state index in [4.69, 9.17) is 5.11 Å². The Bertz CT molecular complexity index is 666. The van der Waals surface area contributed by atoms with Gasteiger partial charge >= 0.3 is 0 Å². The van der Waals surface area contributed by atoms with E-state index in [9.17, 15) is 4.79 Å². The third-order valence-corrected chi connectivity index (χ3v) is 3.62. The smallest absolute Gasteiger partial charge is 0.229 e. The summed E-state index contributed by atoms with van der Waals surface area (Å²) in [7, 11) is 0. The van der Waals surface area contributed by atoms with Crippen molar-refractivity contribution in [2.75, 3.05) is 11.9 Å². The predicted molar refractivity (Wildman–Crippen MR) is 86.4 cm³/mol. The van der Waals surface area contributed by atoms with Crippen molar-refractivity contribution in [2.24, 2.45) is 0 Å². The molecule has 3 nitrogen and oxygen atoms in total. The predicted octanol–water partition coefficient (Wildman–Crippen LogP) is 2.97. The number of hydrogen-bond acceptors (Lipinski definition) is 3. The summed E-state index contributed by atoms with van der Waals surface area (Å²) in [5, 5.41) is 13.6. The van der Waals surface area contributed by atoms with Gasteiger partial charge in [0.15, 0.2) is 0 Å². The van der Waals surface area contributed by atoms with Crippen LogP contribution in [-0.4, -0.2) is 17.6 Å². The van der Waals surface area contributed by atoms with Gasteiger partial charge in [-0.1, -0.05) is 17.9 Å². The van der Waals surface area contributed by atoms with Crippen molar-refractivity contribution in [3.63, 3.8) is 0 Å². The van der Waals surface area contributed by atoms with Gasteiger partial charge in [0.05, 0.1) is 13.0 Å². The van der Waals surface area contributed by atoms with Crippen LogP contribution in [0.3, 0.4) is 0 Å². The van der Waals surface area contributed by atoms with Crippen LogP contribution in [0.4, 0.5) is 5.69 Å². The number of thiophene rings is 1. The number of amides is 1. The molecule has 0 aliphatic heterocycles. The molecule has 2 aromatic rings. The minimum atomic E-state index is -0.0303. The summed E-state index contributed by atoms with van der Waals surface area (Å²) in [4.78, 5) is 13.0. The zero-order chi connectivity index (χ0) is 15.1. The van der Waals surface area contributed by atoms with Crippen LogP contribution < -0.4 is 5.32 Å². The highest BCUT2D eigenvalue weighted by atomic mass is 32.1. The van der Waals surface area contributed by atoms with Gasteiger partial charge in [0, 0.05) is 22.5 Å². The Labute approximate surface area is 128 Å². The lowest BCUT2D eigenvalue weighted by Gasteiger charge is -2.06. The van der Waals surface area contributed by atoms with E-state index in [1.54, 1.807) is 11.3 Å². The van der Waals surface area contributed by atoms with E-state index >= 15 is 0 Å². The molecule has 4 heteroatoms. The van der Waals surface area contributed by atoms with Gasteiger partial charge in [0.1, 0.15) is 0 Å². The highest BCUT2D eigenvalue weighted by molar-refractivity contribution is 7.10. The molecular formula is C17H17NO2S. The monoisotopic (exact) mass is 299 g/mol. The van der Waals surface area contributed by atoms with Gasteiger partial charge in [-0.05, 0) is 42.1 Å². The molecule has 0 fully saturated rings. The maximum atomic E-state index is 12.0. The van der Waals surface area contributed by atoms with E-state index in [0.29, 0.717) is 12.8 Å². The molecule has 1 amide bonds. The molecule has 21 heavy (non-hydrogen) atoms. The number of rotatable bonds is 4. The molecule has 2 N–H and O–H groups in total. The summed E-state index contributed by atoms with van der Waals surface area (Å²) in [5.41, 5.74) is 2.64. The minimum Gasteiger partial charge on any atom is -0.395 e. The maximum absolute atomic E-state index is 12.0. The first kappa shape index (κ1) is 15.3. The second kappa shape index (κ2) is 7.63. The highest BCUT2D eigenvalue weighted by Gasteiger charge is 2.05. The number of carbonyl (C=O) groups is 1. The lowest BCUT2D eigenvalue weighted by atomic mass is 10.1. The van der Waals surface area contributed by atoms with Gasteiger partial charge in [-0.25, -0.2) is 0 Å². The summed E-state index contributed by atoms with van der Waals surface area (Å²) in [6.07, 6.45) is 0.838. The van der Waals surface area contributed by atoms with E-state index in [2.05, 4.69) is 17.2 Å². The maximum Gasteiger partial charge on any atom is 0.229 e. The summed E-state index contributed by atoms with van der Waals surface area (Å²) in [5.74, 6) is 5.84. The van der Waals surface area contributed by atoms with Gasteiger partial charge < -0.3 is 10.4 Å². The first-order valence-corrected chi connectivity index (χ1v) is 7.59. The zero-order valence-corrected chi connectivity index (χ0v) is 12.7. The van der Waals surface area contributed by atoms with Crippen molar-refractivity contribution in [1.29, 1.82) is 0 Å². The molecule has 0 radical (unpaired) electrons. The molecule has 1 aromatic heterocycles. The third kappa shape index (κ3) is 5.07. The topological polar surface area (TPSA) is 49.3 Å². The second-order valence-corrected chi connectivity index (χ2v) is 5.70. The van der Waals surface area contributed by atoms with Crippen molar-refractivity contribution < 1.29 is 9.90 Å². The summed E-state index contributed by atoms with van der Waals surface area (Å²) >= 11 is 1.57. The zero-order valence-electron chi connectivity index (χ0n) is 11.8. The first-order chi connectivity index (χ1) is 10.2. The average molecular weight is 299 g/mol. The molecule has 0 atom stereocenters. The van der Waals surface area contributed by atoms with Gasteiger partial charge in [-0.2, -0.15) is 0 Å². The number of aliphatic hydroxyl groups excluding tert-OH is 1. The number of aryl methyl sites for hydroxylation is 1. The molecule has 0 saturated carbocycles. The van der Waals surface area contributed by atoms with Crippen molar-refractivity contribution in [3.8, 4) is 11.8 Å². The van der Waals surface area contributed by atoms with Crippen LogP contribution in [0.25, 0.3) is 0 Å². The Morgan fingerprint density at radius 2 is 2.24 bits per heavy atom. The normalized spacial score (nSPS) is 9.81. The fourth-order valence-electron chi connectivity index (χ4n) is 1.92. The Balaban J connectivity index is 2.06. The quantitative estimate of drug-likeness (QED) is 0.853. The molecule has 1 aromatic carbocycles. The second-order valence-electron chi connectivity index (χ2n) is 4.67. The molecule has 0 saturated heterocycles. The Kier molecular flexibility index (Phi) is 5.56. The minimum absolute atomic E-state index is 0.0303. The fourth-order valence-corrected chi connectivity index (χ4v) is 2.63. The van der Waals surface area contributed by atoms with E-state index in [-0.39, 0.29) is 12.5 Å². The van der Waals surface area contributed by atoms with E-state index in [1.165, 1.54) is 0 Å². The lowest BCUT2D eigenvalue weighted by Crippen LogP contribution is -2.13. The molecule has 0 unspecified atom stereocenters. The number of anilines is 1. The standard InChI is InChI=1S/C17H17NO2S/c1-13-9-14(5-2-3-7-19)11-15(10-13)18-17(20)12-16-6-4-8-21-16/h4,6,8-11,19H,3,7,12H2,1H3,(H,18,20). The van der Waals surface area contributed by atoms with Crippen LogP contribution in [-0.2, 0) is 11.2 Å². The van der Waals surface area contributed by atoms with Crippen LogP contribution in [0.1, 0.15) is 22.4 Å². The summed E-state index contributed by atoms with van der Waals surface area (Å²) in [6.45, 7) is 2.02. The number of benzene rings is 1. The van der Waals surface area contributed by atoms with E-state index in [0.717, 1.165) is 21.7 Å². The van der Waals surface area contributed by atoms with Crippen LogP contribution >= 0.6 is 11.3 Å². The molecule has 0 aliphatic rings. The molecular weight excluding hydrogens is 282 g/mol. The number of aliphatic hydroxyl groups is 1. The third-order valence-electron chi connectivity index (χ3n) is 2.75. The van der Waals surface area contributed by atoms with Gasteiger partial charge in [0.25, 0.3) is 0 Å². The molecule has 0 bridgehead atoms. The van der Waals surface area contributed by atoms with Crippen molar-refractivity contribution >= 4 is 22.9 Å². The first-order valence-electron chi connectivity index (χ1n) is 6.71. The Hall–Kier alpha value is -2.09. The SMILES string of the molecule is Cc1cc(C#CCCO)cc(NC(=O)Cc2cccs2)c1. The average Bonchev–Trinajstić information content (AvgIpc) is 2.91. The van der Waals surface area contributed by atoms with Crippen molar-refractivity contribution in [3.05, 3.63) is 51.7 Å². The van der Waals surface area contributed by atoms with E-state index < -0.39 is 0 Å². The lowest BCUT2D eigenvalue weighted by molar-refractivity contribution is -0.115. The highest BCUT2D eigenvalue weighted by Crippen LogP contribution is 2.15. The van der Waals surface area contributed by atoms with Crippen LogP contribution in [0.5, 0.6) is 0 Å². The molecule has 108 valence electrons. The van der Waals surface area contributed by atoms with Crippen molar-refractivity contribution in [1.82, 2.24) is 0 Å². The molecule has 1 heterocycles. The Morgan fingerprint density at radius 1 is 1.38 bits per heavy atom. The van der Waals surface area contributed by atoms with Gasteiger partial charge in [-0.3, -0.25) is 4.79 Å². The fraction of sp³-hybridized carbons (Fsp3) is 0.235. The van der Waals surface area contributed by atoms with Gasteiger partial charge in [0.2, 0.25) is 5.91 Å². The van der Waals surface area contributed by atoms with E-state index in [1.807, 2.05) is 42.6 Å². The van der Waals surface area contributed by atoms with Crippen molar-refractivity contribution in [2.45, 2.75) is 19.8 Å². The number of nitrogens with one attached hydrogen (secondary N) is 1. The van der Waals surface area contributed by atoms with Crippen LogP contribution in [0.15, 0.2) is 35.7 Å². The molecule has 0 spiro atoms.